The van der Waals surface area contributed by atoms with Crippen LogP contribution < -0.4 is 10.6 Å². The zero-order valence-electron chi connectivity index (χ0n) is 8.82. The summed E-state index contributed by atoms with van der Waals surface area (Å²) in [6.45, 7) is 2.03. The van der Waals surface area contributed by atoms with Crippen molar-refractivity contribution in [2.75, 3.05) is 10.6 Å². The third-order valence-corrected chi connectivity index (χ3v) is 2.35. The molecule has 0 amide bonds. The van der Waals surface area contributed by atoms with Crippen LogP contribution in [-0.2, 0) is 0 Å². The normalized spacial score (nSPS) is 9.81. The smallest absolute Gasteiger partial charge is 0.176 e. The van der Waals surface area contributed by atoms with E-state index in [4.69, 9.17) is 12.2 Å². The lowest BCUT2D eigenvalue weighted by atomic mass is 10.2. The number of hydrogen-bond acceptors (Lipinski definition) is 2. The molecule has 5 heteroatoms. The number of rotatable bonds is 2. The Morgan fingerprint density at radius 1 is 1.25 bits per heavy atom. The molecule has 0 saturated carbocycles. The minimum atomic E-state index is 0.540. The predicted molar refractivity (Wildman–Crippen MR) is 69.6 cm³/mol. The highest BCUT2D eigenvalue weighted by Gasteiger charge is 2.01. The Hall–Kier alpha value is -1.88. The van der Waals surface area contributed by atoms with E-state index in [0.717, 1.165) is 17.1 Å². The summed E-state index contributed by atoms with van der Waals surface area (Å²) >= 11 is 5.17. The van der Waals surface area contributed by atoms with Crippen LogP contribution in [0, 0.1) is 6.92 Å². The maximum atomic E-state index is 5.17. The monoisotopic (exact) mass is 232 g/mol. The standard InChI is InChI=1S/C11H12N4S/c1-8-4-2-3-5-9(8)13-11(16)14-10-6-7-12-15-10/h2-7H,1H3,(H3,12,13,14,15,16). The minimum absolute atomic E-state index is 0.540. The number of anilines is 2. The molecule has 0 spiro atoms. The highest BCUT2D eigenvalue weighted by Crippen LogP contribution is 2.13. The van der Waals surface area contributed by atoms with Crippen LogP contribution in [0.1, 0.15) is 5.56 Å². The van der Waals surface area contributed by atoms with Gasteiger partial charge in [0.2, 0.25) is 0 Å². The second-order valence-corrected chi connectivity index (χ2v) is 3.77. The van der Waals surface area contributed by atoms with Crippen LogP contribution in [0.25, 0.3) is 0 Å². The van der Waals surface area contributed by atoms with E-state index < -0.39 is 0 Å². The summed E-state index contributed by atoms with van der Waals surface area (Å²) in [5.74, 6) is 0.770. The first-order valence-corrected chi connectivity index (χ1v) is 5.29. The Bertz CT molecular complexity index is 478. The van der Waals surface area contributed by atoms with Crippen LogP contribution >= 0.6 is 12.2 Å². The van der Waals surface area contributed by atoms with E-state index in [9.17, 15) is 0 Å². The Labute approximate surface area is 99.1 Å². The Balaban J connectivity index is 2.00. The number of benzene rings is 1. The maximum Gasteiger partial charge on any atom is 0.176 e. The van der Waals surface area contributed by atoms with Gasteiger partial charge in [0.15, 0.2) is 5.11 Å². The zero-order chi connectivity index (χ0) is 11.4. The fourth-order valence-electron chi connectivity index (χ4n) is 1.31. The lowest BCUT2D eigenvalue weighted by Gasteiger charge is -2.10. The molecule has 2 rings (SSSR count). The number of hydrogen-bond donors (Lipinski definition) is 3. The van der Waals surface area contributed by atoms with Crippen LogP contribution in [0.15, 0.2) is 36.5 Å². The number of aromatic amines is 1. The summed E-state index contributed by atoms with van der Waals surface area (Å²) in [6, 6.07) is 9.78. The number of thiocarbonyl (C=S) groups is 1. The van der Waals surface area contributed by atoms with Crippen molar-refractivity contribution in [2.45, 2.75) is 6.92 Å². The third-order valence-electron chi connectivity index (χ3n) is 2.14. The molecule has 1 aromatic carbocycles. The number of aryl methyl sites for hydroxylation is 1. The van der Waals surface area contributed by atoms with Crippen molar-refractivity contribution in [1.82, 2.24) is 10.2 Å². The van der Waals surface area contributed by atoms with E-state index in [1.54, 1.807) is 6.20 Å². The quantitative estimate of drug-likeness (QED) is 0.696. The SMILES string of the molecule is Cc1ccccc1NC(=S)Nc1ccn[nH]1. The topological polar surface area (TPSA) is 52.7 Å². The van der Waals surface area contributed by atoms with Crippen molar-refractivity contribution >= 4 is 28.8 Å². The molecule has 0 unspecified atom stereocenters. The highest BCUT2D eigenvalue weighted by molar-refractivity contribution is 7.80. The second kappa shape index (κ2) is 4.76. The average molecular weight is 232 g/mol. The number of nitrogens with one attached hydrogen (secondary N) is 3. The molecule has 0 aliphatic rings. The molecule has 1 aromatic heterocycles. The summed E-state index contributed by atoms with van der Waals surface area (Å²) in [5, 5.41) is 13.3. The van der Waals surface area contributed by atoms with Crippen molar-refractivity contribution in [1.29, 1.82) is 0 Å². The molecule has 0 bridgehead atoms. The third kappa shape index (κ3) is 2.58. The lowest BCUT2D eigenvalue weighted by Crippen LogP contribution is -2.19. The van der Waals surface area contributed by atoms with Gasteiger partial charge >= 0.3 is 0 Å². The maximum absolute atomic E-state index is 5.17. The minimum Gasteiger partial charge on any atom is -0.332 e. The van der Waals surface area contributed by atoms with Crippen molar-refractivity contribution in [3.8, 4) is 0 Å². The molecule has 0 saturated heterocycles. The van der Waals surface area contributed by atoms with E-state index in [1.807, 2.05) is 37.3 Å². The van der Waals surface area contributed by atoms with Crippen LogP contribution in [-0.4, -0.2) is 15.3 Å². The molecule has 0 atom stereocenters. The van der Waals surface area contributed by atoms with E-state index in [-0.39, 0.29) is 0 Å². The van der Waals surface area contributed by atoms with Gasteiger partial charge in [-0.25, -0.2) is 0 Å². The van der Waals surface area contributed by atoms with Crippen molar-refractivity contribution in [3.05, 3.63) is 42.1 Å². The van der Waals surface area contributed by atoms with Gasteiger partial charge in [-0.15, -0.1) is 0 Å². The van der Waals surface area contributed by atoms with Crippen molar-refractivity contribution < 1.29 is 0 Å². The molecule has 1 heterocycles. The summed E-state index contributed by atoms with van der Waals surface area (Å²) in [4.78, 5) is 0. The summed E-state index contributed by atoms with van der Waals surface area (Å²) in [7, 11) is 0. The fourth-order valence-corrected chi connectivity index (χ4v) is 1.53. The first kappa shape index (κ1) is 10.6. The largest absolute Gasteiger partial charge is 0.332 e. The highest BCUT2D eigenvalue weighted by atomic mass is 32.1. The number of aromatic nitrogens is 2. The Morgan fingerprint density at radius 2 is 2.06 bits per heavy atom. The van der Waals surface area contributed by atoms with Crippen LogP contribution in [0.3, 0.4) is 0 Å². The van der Waals surface area contributed by atoms with Gasteiger partial charge in [0.1, 0.15) is 5.82 Å². The van der Waals surface area contributed by atoms with Gasteiger partial charge in [0.05, 0.1) is 6.20 Å². The fraction of sp³-hybridized carbons (Fsp3) is 0.0909. The zero-order valence-corrected chi connectivity index (χ0v) is 9.64. The molecule has 3 N–H and O–H groups in total. The molecule has 0 aliphatic carbocycles. The molecule has 0 fully saturated rings. The van der Waals surface area contributed by atoms with Gasteiger partial charge in [-0.05, 0) is 30.8 Å². The van der Waals surface area contributed by atoms with Gasteiger partial charge in [-0.3, -0.25) is 5.10 Å². The Kier molecular flexibility index (Phi) is 3.16. The van der Waals surface area contributed by atoms with E-state index >= 15 is 0 Å². The predicted octanol–water partition coefficient (Wildman–Crippen LogP) is 2.53. The van der Waals surface area contributed by atoms with Gasteiger partial charge < -0.3 is 10.6 Å². The summed E-state index contributed by atoms with van der Waals surface area (Å²) in [5.41, 5.74) is 2.15. The molecular formula is C11H12N4S. The number of para-hydroxylation sites is 1. The van der Waals surface area contributed by atoms with Gasteiger partial charge in [-0.1, -0.05) is 18.2 Å². The molecule has 2 aromatic rings. The number of nitrogens with zero attached hydrogens (tertiary/aromatic N) is 1. The molecular weight excluding hydrogens is 220 g/mol. The molecule has 16 heavy (non-hydrogen) atoms. The summed E-state index contributed by atoms with van der Waals surface area (Å²) < 4.78 is 0. The summed E-state index contributed by atoms with van der Waals surface area (Å²) in [6.07, 6.45) is 1.67. The van der Waals surface area contributed by atoms with E-state index in [2.05, 4.69) is 20.8 Å². The van der Waals surface area contributed by atoms with Gasteiger partial charge in [0.25, 0.3) is 0 Å². The molecule has 4 nitrogen and oxygen atoms in total. The van der Waals surface area contributed by atoms with Crippen molar-refractivity contribution in [2.24, 2.45) is 0 Å². The number of H-pyrrole nitrogens is 1. The molecule has 0 aliphatic heterocycles. The van der Waals surface area contributed by atoms with Crippen LogP contribution in [0.2, 0.25) is 0 Å². The van der Waals surface area contributed by atoms with Gasteiger partial charge in [-0.2, -0.15) is 5.10 Å². The lowest BCUT2D eigenvalue weighted by molar-refractivity contribution is 1.10. The average Bonchev–Trinajstić information content (AvgIpc) is 2.74. The van der Waals surface area contributed by atoms with Gasteiger partial charge in [0, 0.05) is 11.8 Å². The Morgan fingerprint density at radius 3 is 2.75 bits per heavy atom. The second-order valence-electron chi connectivity index (χ2n) is 3.36. The van der Waals surface area contributed by atoms with E-state index in [0.29, 0.717) is 5.11 Å². The molecule has 0 radical (unpaired) electrons. The van der Waals surface area contributed by atoms with Crippen molar-refractivity contribution in [3.63, 3.8) is 0 Å². The van der Waals surface area contributed by atoms with Crippen LogP contribution in [0.5, 0.6) is 0 Å². The first-order chi connectivity index (χ1) is 7.75. The van der Waals surface area contributed by atoms with E-state index in [1.165, 1.54) is 0 Å². The first-order valence-electron chi connectivity index (χ1n) is 4.89. The van der Waals surface area contributed by atoms with Crippen LogP contribution in [0.4, 0.5) is 11.5 Å². The molecule has 82 valence electrons.